The van der Waals surface area contributed by atoms with Gasteiger partial charge in [0.2, 0.25) is 0 Å². The van der Waals surface area contributed by atoms with Gasteiger partial charge in [0.05, 0.1) is 0 Å². The van der Waals surface area contributed by atoms with Crippen LogP contribution in [0.2, 0.25) is 0 Å². The first-order valence-corrected chi connectivity index (χ1v) is 6.12. The average Bonchev–Trinajstić information content (AvgIpc) is 2.76. The number of nitrogens with one attached hydrogen (secondary N) is 2. The summed E-state index contributed by atoms with van der Waals surface area (Å²) in [4.78, 5) is 24.0. The first-order valence-electron chi connectivity index (χ1n) is 6.12. The highest BCUT2D eigenvalue weighted by Crippen LogP contribution is 2.37. The van der Waals surface area contributed by atoms with E-state index in [1.807, 2.05) is 6.07 Å². The molecule has 1 atom stereocenters. The predicted molar refractivity (Wildman–Crippen MR) is 72.0 cm³/mol. The molecule has 1 heterocycles. The number of rotatable bonds is 2. The third-order valence-electron chi connectivity index (χ3n) is 3.38. The molecule has 3 rings (SSSR count). The van der Waals surface area contributed by atoms with Gasteiger partial charge in [-0.3, -0.25) is 10.1 Å². The second-order valence-electron chi connectivity index (χ2n) is 4.54. The number of benzene rings is 2. The molecule has 1 aliphatic heterocycles. The van der Waals surface area contributed by atoms with Gasteiger partial charge in [0.25, 0.3) is 5.91 Å². The zero-order valence-corrected chi connectivity index (χ0v) is 10.5. The molecule has 0 aliphatic carbocycles. The number of aromatic hydroxyl groups is 1. The Morgan fingerprint density at radius 2 is 1.55 bits per heavy atom. The third-order valence-corrected chi connectivity index (χ3v) is 3.38. The molecule has 0 radical (unpaired) electrons. The van der Waals surface area contributed by atoms with Gasteiger partial charge in [-0.2, -0.15) is 0 Å². The van der Waals surface area contributed by atoms with Crippen LogP contribution in [-0.2, 0) is 10.3 Å². The van der Waals surface area contributed by atoms with E-state index in [1.54, 1.807) is 42.5 Å². The van der Waals surface area contributed by atoms with Crippen molar-refractivity contribution < 1.29 is 14.7 Å². The SMILES string of the molecule is O=C1NC(=O)C(c2ccccc2)(c2ccccc2O)N1. The molecule has 0 spiro atoms. The largest absolute Gasteiger partial charge is 0.508 e. The number of urea groups is 1. The Kier molecular flexibility index (Phi) is 2.68. The lowest BCUT2D eigenvalue weighted by atomic mass is 9.82. The molecule has 3 N–H and O–H groups in total. The van der Waals surface area contributed by atoms with Gasteiger partial charge in [-0.15, -0.1) is 0 Å². The van der Waals surface area contributed by atoms with Crippen molar-refractivity contribution in [3.05, 3.63) is 65.7 Å². The second-order valence-corrected chi connectivity index (χ2v) is 4.54. The van der Waals surface area contributed by atoms with Crippen LogP contribution in [0.4, 0.5) is 4.79 Å². The van der Waals surface area contributed by atoms with Gasteiger partial charge in [0, 0.05) is 5.56 Å². The molecule has 20 heavy (non-hydrogen) atoms. The quantitative estimate of drug-likeness (QED) is 0.722. The van der Waals surface area contributed by atoms with Crippen molar-refractivity contribution in [2.75, 3.05) is 0 Å². The van der Waals surface area contributed by atoms with E-state index in [2.05, 4.69) is 10.6 Å². The van der Waals surface area contributed by atoms with Crippen LogP contribution in [0.3, 0.4) is 0 Å². The Labute approximate surface area is 115 Å². The Hall–Kier alpha value is -2.82. The number of imide groups is 1. The Balaban J connectivity index is 2.28. The fraction of sp³-hybridized carbons (Fsp3) is 0.0667. The molecule has 1 saturated heterocycles. The highest BCUT2D eigenvalue weighted by Gasteiger charge is 2.50. The molecule has 0 aromatic heterocycles. The lowest BCUT2D eigenvalue weighted by Crippen LogP contribution is -2.44. The fourth-order valence-corrected chi connectivity index (χ4v) is 2.48. The summed E-state index contributed by atoms with van der Waals surface area (Å²) in [6.07, 6.45) is 0. The van der Waals surface area contributed by atoms with Gasteiger partial charge >= 0.3 is 6.03 Å². The van der Waals surface area contributed by atoms with Crippen LogP contribution in [-0.4, -0.2) is 17.0 Å². The molecular formula is C15H12N2O3. The summed E-state index contributed by atoms with van der Waals surface area (Å²) in [6, 6.07) is 14.7. The number of phenols is 1. The minimum absolute atomic E-state index is 0.0475. The van der Waals surface area contributed by atoms with Gasteiger partial charge in [-0.1, -0.05) is 48.5 Å². The number of amides is 3. The fourth-order valence-electron chi connectivity index (χ4n) is 2.48. The van der Waals surface area contributed by atoms with Gasteiger partial charge in [-0.05, 0) is 11.6 Å². The third kappa shape index (κ3) is 1.64. The van der Waals surface area contributed by atoms with Crippen LogP contribution in [0.25, 0.3) is 0 Å². The van der Waals surface area contributed by atoms with Gasteiger partial charge < -0.3 is 10.4 Å². The highest BCUT2D eigenvalue weighted by atomic mass is 16.3. The zero-order valence-electron chi connectivity index (χ0n) is 10.5. The predicted octanol–water partition coefficient (Wildman–Crippen LogP) is 1.48. The zero-order chi connectivity index (χ0) is 14.2. The lowest BCUT2D eigenvalue weighted by molar-refractivity contribution is -0.122. The van der Waals surface area contributed by atoms with Crippen LogP contribution >= 0.6 is 0 Å². The minimum atomic E-state index is -1.40. The van der Waals surface area contributed by atoms with Crippen LogP contribution in [0, 0.1) is 0 Å². The molecule has 2 aromatic carbocycles. The Bertz CT molecular complexity index is 685. The molecule has 3 amide bonds. The first-order chi connectivity index (χ1) is 9.64. The van der Waals surface area contributed by atoms with E-state index in [0.29, 0.717) is 11.1 Å². The number of carbonyl (C=O) groups excluding carboxylic acids is 2. The van der Waals surface area contributed by atoms with E-state index in [0.717, 1.165) is 0 Å². The maximum absolute atomic E-state index is 12.4. The molecule has 0 saturated carbocycles. The molecule has 0 bridgehead atoms. The molecule has 100 valence electrons. The van der Waals surface area contributed by atoms with Crippen molar-refractivity contribution in [2.24, 2.45) is 0 Å². The maximum atomic E-state index is 12.4. The first kappa shape index (κ1) is 12.2. The lowest BCUT2D eigenvalue weighted by Gasteiger charge is -2.27. The van der Waals surface area contributed by atoms with Gasteiger partial charge in [-0.25, -0.2) is 4.79 Å². The molecule has 5 heteroatoms. The number of phenolic OH excluding ortho intramolecular Hbond substituents is 1. The summed E-state index contributed by atoms with van der Waals surface area (Å²) in [5.41, 5.74) is -0.469. The molecule has 5 nitrogen and oxygen atoms in total. The maximum Gasteiger partial charge on any atom is 0.322 e. The van der Waals surface area contributed by atoms with Crippen molar-refractivity contribution >= 4 is 11.9 Å². The summed E-state index contributed by atoms with van der Waals surface area (Å²) in [7, 11) is 0. The number of hydrogen-bond acceptors (Lipinski definition) is 3. The summed E-state index contributed by atoms with van der Waals surface area (Å²) in [6.45, 7) is 0. The normalized spacial score (nSPS) is 21.4. The molecule has 1 aliphatic rings. The van der Waals surface area contributed by atoms with E-state index in [9.17, 15) is 14.7 Å². The summed E-state index contributed by atoms with van der Waals surface area (Å²) >= 11 is 0. The average molecular weight is 268 g/mol. The summed E-state index contributed by atoms with van der Waals surface area (Å²) in [5.74, 6) is -0.552. The second kappa shape index (κ2) is 4.38. The molecule has 1 fully saturated rings. The minimum Gasteiger partial charge on any atom is -0.508 e. The van der Waals surface area contributed by atoms with E-state index < -0.39 is 17.5 Å². The van der Waals surface area contributed by atoms with Crippen molar-refractivity contribution in [3.8, 4) is 5.75 Å². The Morgan fingerprint density at radius 3 is 2.15 bits per heavy atom. The number of para-hydroxylation sites is 1. The van der Waals surface area contributed by atoms with E-state index >= 15 is 0 Å². The van der Waals surface area contributed by atoms with Crippen molar-refractivity contribution in [3.63, 3.8) is 0 Å². The van der Waals surface area contributed by atoms with E-state index in [-0.39, 0.29) is 5.75 Å². The van der Waals surface area contributed by atoms with Gasteiger partial charge in [0.15, 0.2) is 5.54 Å². The standard InChI is InChI=1S/C15H12N2O3/c18-12-9-5-4-8-11(12)15(10-6-2-1-3-7-10)13(19)16-14(20)17-15/h1-9,18H,(H2,16,17,19,20). The topological polar surface area (TPSA) is 78.4 Å². The monoisotopic (exact) mass is 268 g/mol. The summed E-state index contributed by atoms with van der Waals surface area (Å²) < 4.78 is 0. The smallest absolute Gasteiger partial charge is 0.322 e. The molecule has 1 unspecified atom stereocenters. The molecule has 2 aromatic rings. The number of hydrogen-bond donors (Lipinski definition) is 3. The highest BCUT2D eigenvalue weighted by molar-refractivity contribution is 6.09. The van der Waals surface area contributed by atoms with Crippen molar-refractivity contribution in [1.82, 2.24) is 10.6 Å². The van der Waals surface area contributed by atoms with Crippen LogP contribution in [0.1, 0.15) is 11.1 Å². The van der Waals surface area contributed by atoms with Crippen LogP contribution in [0.15, 0.2) is 54.6 Å². The Morgan fingerprint density at radius 1 is 0.900 bits per heavy atom. The van der Waals surface area contributed by atoms with Crippen molar-refractivity contribution in [1.29, 1.82) is 0 Å². The summed E-state index contributed by atoms with van der Waals surface area (Å²) in [5, 5.41) is 14.9. The number of carbonyl (C=O) groups is 2. The molecular weight excluding hydrogens is 256 g/mol. The van der Waals surface area contributed by atoms with E-state index in [4.69, 9.17) is 0 Å². The van der Waals surface area contributed by atoms with Crippen LogP contribution < -0.4 is 10.6 Å². The van der Waals surface area contributed by atoms with Gasteiger partial charge in [0.1, 0.15) is 5.75 Å². The van der Waals surface area contributed by atoms with Crippen molar-refractivity contribution in [2.45, 2.75) is 5.54 Å². The van der Waals surface area contributed by atoms with E-state index in [1.165, 1.54) is 6.07 Å². The van der Waals surface area contributed by atoms with Crippen LogP contribution in [0.5, 0.6) is 5.75 Å².